The van der Waals surface area contributed by atoms with E-state index in [1.807, 2.05) is 0 Å². The van der Waals surface area contributed by atoms with Gasteiger partial charge in [0, 0.05) is 12.7 Å². The molecule has 2 aromatic rings. The lowest BCUT2D eigenvalue weighted by atomic mass is 9.85. The summed E-state index contributed by atoms with van der Waals surface area (Å²) in [5.74, 6) is 0.864. The van der Waals surface area contributed by atoms with Crippen molar-refractivity contribution >= 4 is 27.6 Å². The van der Waals surface area contributed by atoms with Gasteiger partial charge in [-0.3, -0.25) is 4.79 Å². The van der Waals surface area contributed by atoms with Crippen LogP contribution in [0.15, 0.2) is 53.4 Å². The summed E-state index contributed by atoms with van der Waals surface area (Å²) in [7, 11) is -0.869. The molecule has 1 aliphatic carbocycles. The Hall–Kier alpha value is -3.07. The summed E-state index contributed by atoms with van der Waals surface area (Å²) < 4.78 is 32.8. The summed E-state index contributed by atoms with van der Waals surface area (Å²) in [4.78, 5) is 27.7. The Morgan fingerprint density at radius 2 is 1.71 bits per heavy atom. The quantitative estimate of drug-likeness (QED) is 0.530. The Balaban J connectivity index is 1.74. The second-order valence-electron chi connectivity index (χ2n) is 9.07. The highest BCUT2D eigenvalue weighted by molar-refractivity contribution is 7.90. The molecule has 0 radical (unpaired) electrons. The summed E-state index contributed by atoms with van der Waals surface area (Å²) in [5.41, 5.74) is 1.17. The van der Waals surface area contributed by atoms with Gasteiger partial charge in [-0.25, -0.2) is 17.9 Å². The molecule has 0 saturated heterocycles. The van der Waals surface area contributed by atoms with Gasteiger partial charge in [0.15, 0.2) is 0 Å². The number of hydrogen-bond donors (Lipinski definition) is 2. The molecule has 9 heteroatoms. The number of carbonyl (C=O) groups is 2. The topological polar surface area (TPSA) is 105 Å². The van der Waals surface area contributed by atoms with E-state index < -0.39 is 22.1 Å². The first-order valence-electron chi connectivity index (χ1n) is 12.0. The predicted molar refractivity (Wildman–Crippen MR) is 136 cm³/mol. The van der Waals surface area contributed by atoms with Gasteiger partial charge in [0.2, 0.25) is 5.91 Å². The van der Waals surface area contributed by atoms with E-state index in [1.165, 1.54) is 30.2 Å². The summed E-state index contributed by atoms with van der Waals surface area (Å²) in [5, 5.41) is 2.63. The van der Waals surface area contributed by atoms with E-state index in [2.05, 4.69) is 10.0 Å². The summed E-state index contributed by atoms with van der Waals surface area (Å²) >= 11 is 0. The minimum atomic E-state index is -4.08. The number of hydrogen-bond acceptors (Lipinski definition) is 5. The van der Waals surface area contributed by atoms with Crippen molar-refractivity contribution in [3.8, 4) is 5.75 Å². The Morgan fingerprint density at radius 1 is 1.06 bits per heavy atom. The largest absolute Gasteiger partial charge is 0.497 e. The number of rotatable bonds is 9. The Morgan fingerprint density at radius 3 is 2.34 bits per heavy atom. The molecule has 0 heterocycles. The van der Waals surface area contributed by atoms with Crippen molar-refractivity contribution in [2.75, 3.05) is 19.1 Å². The highest BCUT2D eigenvalue weighted by Crippen LogP contribution is 2.28. The fourth-order valence-corrected chi connectivity index (χ4v) is 5.69. The summed E-state index contributed by atoms with van der Waals surface area (Å²) in [6.45, 7) is 1.66. The zero-order chi connectivity index (χ0) is 25.4. The molecule has 35 heavy (non-hydrogen) atoms. The van der Waals surface area contributed by atoms with Crippen LogP contribution in [-0.4, -0.2) is 40.6 Å². The maximum absolute atomic E-state index is 13.4. The number of amides is 3. The Kier molecular flexibility index (Phi) is 9.14. The molecule has 190 valence electrons. The van der Waals surface area contributed by atoms with Crippen LogP contribution in [0.2, 0.25) is 0 Å². The molecule has 0 unspecified atom stereocenters. The molecule has 0 aromatic heterocycles. The molecule has 3 amide bonds. The van der Waals surface area contributed by atoms with Gasteiger partial charge in [0.05, 0.1) is 12.0 Å². The van der Waals surface area contributed by atoms with E-state index in [-0.39, 0.29) is 10.8 Å². The minimum absolute atomic E-state index is 0.0237. The number of nitrogens with one attached hydrogen (secondary N) is 2. The van der Waals surface area contributed by atoms with Crippen molar-refractivity contribution < 1.29 is 22.7 Å². The molecule has 0 spiro atoms. The number of likely N-dealkylation sites (N-methyl/N-ethyl adjacent to an activating group) is 1. The number of anilines is 1. The van der Waals surface area contributed by atoms with Crippen molar-refractivity contribution in [1.29, 1.82) is 0 Å². The maximum Gasteiger partial charge on any atom is 0.329 e. The Bertz CT molecular complexity index is 1110. The minimum Gasteiger partial charge on any atom is -0.497 e. The van der Waals surface area contributed by atoms with Crippen LogP contribution in [0.1, 0.15) is 50.5 Å². The molecule has 0 bridgehead atoms. The van der Waals surface area contributed by atoms with Crippen molar-refractivity contribution in [3.63, 3.8) is 0 Å². The molecule has 2 aromatic carbocycles. The second-order valence-corrected chi connectivity index (χ2v) is 10.7. The van der Waals surface area contributed by atoms with Crippen LogP contribution in [0.5, 0.6) is 5.75 Å². The maximum atomic E-state index is 13.4. The number of aryl methyl sites for hydroxylation is 1. The summed E-state index contributed by atoms with van der Waals surface area (Å²) in [6.07, 6.45) is 7.04. The molecule has 1 aliphatic rings. The predicted octanol–water partition coefficient (Wildman–Crippen LogP) is 4.38. The van der Waals surface area contributed by atoms with Gasteiger partial charge >= 0.3 is 6.03 Å². The fourth-order valence-electron chi connectivity index (χ4n) is 4.53. The van der Waals surface area contributed by atoms with E-state index in [9.17, 15) is 18.0 Å². The smallest absolute Gasteiger partial charge is 0.329 e. The number of carbonyl (C=O) groups excluding carboxylic acids is 2. The molecule has 1 atom stereocenters. The van der Waals surface area contributed by atoms with Crippen LogP contribution in [0.25, 0.3) is 0 Å². The van der Waals surface area contributed by atoms with Crippen molar-refractivity contribution in [2.24, 2.45) is 5.92 Å². The molecule has 8 nitrogen and oxygen atoms in total. The van der Waals surface area contributed by atoms with Gasteiger partial charge < -0.3 is 15.0 Å². The van der Waals surface area contributed by atoms with Crippen LogP contribution in [0.4, 0.5) is 10.5 Å². The lowest BCUT2D eigenvalue weighted by Crippen LogP contribution is -2.51. The first-order valence-corrected chi connectivity index (χ1v) is 13.5. The molecule has 1 saturated carbocycles. The third-order valence-electron chi connectivity index (χ3n) is 6.59. The average molecular weight is 502 g/mol. The molecular formula is C26H35N3O5S. The SMILES string of the molecule is COc1ccc(N(C)C(=O)[C@H](CCC2CCCCC2)NC(=O)NS(=O)(=O)c2ccccc2C)cc1. The van der Waals surface area contributed by atoms with Crippen LogP contribution < -0.4 is 19.7 Å². The third kappa shape index (κ3) is 7.21. The van der Waals surface area contributed by atoms with Gasteiger partial charge in [-0.2, -0.15) is 0 Å². The van der Waals surface area contributed by atoms with Gasteiger partial charge in [-0.15, -0.1) is 0 Å². The Labute approximate surface area is 208 Å². The van der Waals surface area contributed by atoms with E-state index in [0.29, 0.717) is 29.3 Å². The van der Waals surface area contributed by atoms with E-state index >= 15 is 0 Å². The molecule has 1 fully saturated rings. The normalized spacial score (nSPS) is 15.2. The van der Waals surface area contributed by atoms with E-state index in [4.69, 9.17) is 4.74 Å². The molecular weight excluding hydrogens is 466 g/mol. The third-order valence-corrected chi connectivity index (χ3v) is 8.08. The second kappa shape index (κ2) is 12.1. The first-order chi connectivity index (χ1) is 16.7. The number of urea groups is 1. The van der Waals surface area contributed by atoms with E-state index in [1.54, 1.807) is 63.5 Å². The number of methoxy groups -OCH3 is 1. The lowest BCUT2D eigenvalue weighted by molar-refractivity contribution is -0.120. The van der Waals surface area contributed by atoms with Gasteiger partial charge in [-0.05, 0) is 61.6 Å². The van der Waals surface area contributed by atoms with Crippen molar-refractivity contribution in [3.05, 3.63) is 54.1 Å². The highest BCUT2D eigenvalue weighted by atomic mass is 32.2. The van der Waals surface area contributed by atoms with Gasteiger partial charge in [0.25, 0.3) is 10.0 Å². The van der Waals surface area contributed by atoms with Crippen LogP contribution in [-0.2, 0) is 14.8 Å². The molecule has 2 N–H and O–H groups in total. The fraction of sp³-hybridized carbons (Fsp3) is 0.462. The number of ether oxygens (including phenoxy) is 1. The van der Waals surface area contributed by atoms with Crippen LogP contribution in [0, 0.1) is 12.8 Å². The standard InChI is InChI=1S/C26H35N3O5S/c1-19-9-7-8-12-24(19)35(32,33)28-26(31)27-23(18-13-20-10-5-4-6-11-20)25(30)29(2)21-14-16-22(34-3)17-15-21/h7-9,12,14-17,20,23H,4-6,10-11,13,18H2,1-3H3,(H2,27,28,31)/t23-/m0/s1. The van der Waals surface area contributed by atoms with Gasteiger partial charge in [0.1, 0.15) is 11.8 Å². The zero-order valence-corrected chi connectivity index (χ0v) is 21.4. The zero-order valence-electron chi connectivity index (χ0n) is 20.6. The monoisotopic (exact) mass is 501 g/mol. The number of benzene rings is 2. The van der Waals surface area contributed by atoms with E-state index in [0.717, 1.165) is 19.3 Å². The number of sulfonamides is 1. The molecule has 3 rings (SSSR count). The number of nitrogens with zero attached hydrogens (tertiary/aromatic N) is 1. The van der Waals surface area contributed by atoms with Crippen LogP contribution in [0.3, 0.4) is 0 Å². The average Bonchev–Trinajstić information content (AvgIpc) is 2.86. The molecule has 0 aliphatic heterocycles. The van der Waals surface area contributed by atoms with Crippen molar-refractivity contribution in [1.82, 2.24) is 10.0 Å². The van der Waals surface area contributed by atoms with Crippen LogP contribution >= 0.6 is 0 Å². The van der Waals surface area contributed by atoms with Crippen molar-refractivity contribution in [2.45, 2.75) is 62.8 Å². The van der Waals surface area contributed by atoms with Gasteiger partial charge in [-0.1, -0.05) is 50.3 Å². The highest BCUT2D eigenvalue weighted by Gasteiger charge is 2.28. The lowest BCUT2D eigenvalue weighted by Gasteiger charge is -2.27. The summed E-state index contributed by atoms with van der Waals surface area (Å²) in [6, 6.07) is 11.7. The first kappa shape index (κ1) is 26.5.